The summed E-state index contributed by atoms with van der Waals surface area (Å²) in [6, 6.07) is 9.39. The number of rotatable bonds is 7. The van der Waals surface area contributed by atoms with Crippen molar-refractivity contribution in [3.63, 3.8) is 0 Å². The summed E-state index contributed by atoms with van der Waals surface area (Å²) in [5.41, 5.74) is 9.19. The summed E-state index contributed by atoms with van der Waals surface area (Å²) in [5, 5.41) is 14.8. The summed E-state index contributed by atoms with van der Waals surface area (Å²) in [6.07, 6.45) is 0.585. The number of benzene rings is 1. The Balaban J connectivity index is 1.44. The summed E-state index contributed by atoms with van der Waals surface area (Å²) >= 11 is 0. The van der Waals surface area contributed by atoms with Crippen molar-refractivity contribution in [2.24, 2.45) is 5.73 Å². The van der Waals surface area contributed by atoms with E-state index in [0.717, 1.165) is 22.4 Å². The second-order valence-electron chi connectivity index (χ2n) is 10.3. The average Bonchev–Trinajstić information content (AvgIpc) is 3.40. The van der Waals surface area contributed by atoms with Gasteiger partial charge in [0, 0.05) is 42.5 Å². The molecule has 9 heteroatoms. The molecule has 0 radical (unpaired) electrons. The minimum Gasteiger partial charge on any atom is -0.481 e. The Morgan fingerprint density at radius 3 is 2.68 bits per heavy atom. The van der Waals surface area contributed by atoms with Crippen molar-refractivity contribution < 1.29 is 23.8 Å². The monoisotopic (exact) mass is 504 g/mol. The molecular formula is C28H29FN4O4. The lowest BCUT2D eigenvalue weighted by Crippen LogP contribution is -2.35. The third-order valence-electron chi connectivity index (χ3n) is 7.19. The number of Topliss-reactive ketones (excluding diaryl/α,β-unsaturated/α-hetero) is 2. The van der Waals surface area contributed by atoms with E-state index < -0.39 is 11.1 Å². The SMILES string of the molecule is COc1nc(C(=O)CC[C@@](C)(O)c2cc3c(c(-c4ccc(F)cc4)n2)NC[C@@]3(C)N)cc2c1CC(=O)C2. The smallest absolute Gasteiger partial charge is 0.217 e. The number of nitrogens with zero attached hydrogens (tertiary/aromatic N) is 2. The molecule has 0 bridgehead atoms. The molecule has 0 saturated heterocycles. The summed E-state index contributed by atoms with van der Waals surface area (Å²) in [4.78, 5) is 34.0. The quantitative estimate of drug-likeness (QED) is 0.418. The summed E-state index contributed by atoms with van der Waals surface area (Å²) in [7, 11) is 1.46. The Hall–Kier alpha value is -3.69. The van der Waals surface area contributed by atoms with Crippen molar-refractivity contribution in [2.75, 3.05) is 19.0 Å². The number of carbonyl (C=O) groups is 2. The van der Waals surface area contributed by atoms with Crippen LogP contribution in [0.1, 0.15) is 59.6 Å². The number of fused-ring (bicyclic) bond motifs is 2. The van der Waals surface area contributed by atoms with Gasteiger partial charge >= 0.3 is 0 Å². The van der Waals surface area contributed by atoms with Crippen LogP contribution in [0, 0.1) is 5.82 Å². The third kappa shape index (κ3) is 4.60. The van der Waals surface area contributed by atoms with Crippen LogP contribution >= 0.6 is 0 Å². The zero-order valence-corrected chi connectivity index (χ0v) is 21.0. The molecular weight excluding hydrogens is 475 g/mol. The largest absolute Gasteiger partial charge is 0.481 e. The maximum atomic E-state index is 13.6. The van der Waals surface area contributed by atoms with Gasteiger partial charge in [0.05, 0.1) is 29.7 Å². The number of aliphatic hydroxyl groups is 1. The number of aromatic nitrogens is 2. The normalized spacial score (nSPS) is 19.7. The Morgan fingerprint density at radius 1 is 1.24 bits per heavy atom. The van der Waals surface area contributed by atoms with Crippen molar-refractivity contribution in [3.8, 4) is 17.1 Å². The van der Waals surface area contributed by atoms with Gasteiger partial charge < -0.3 is 20.9 Å². The van der Waals surface area contributed by atoms with Crippen molar-refractivity contribution in [1.82, 2.24) is 9.97 Å². The lowest BCUT2D eigenvalue weighted by molar-refractivity contribution is -0.117. The molecule has 1 aliphatic carbocycles. The van der Waals surface area contributed by atoms with E-state index in [1.165, 1.54) is 19.2 Å². The highest BCUT2D eigenvalue weighted by atomic mass is 19.1. The Bertz CT molecular complexity index is 1420. The van der Waals surface area contributed by atoms with Crippen LogP contribution in [0.3, 0.4) is 0 Å². The van der Waals surface area contributed by atoms with Crippen LogP contribution in [-0.4, -0.2) is 40.3 Å². The molecule has 5 rings (SSSR count). The number of methoxy groups -OCH3 is 1. The molecule has 2 atom stereocenters. The van der Waals surface area contributed by atoms with Gasteiger partial charge in [-0.1, -0.05) is 0 Å². The van der Waals surface area contributed by atoms with E-state index in [9.17, 15) is 19.1 Å². The third-order valence-corrected chi connectivity index (χ3v) is 7.19. The molecule has 8 nitrogen and oxygen atoms in total. The number of nitrogens with one attached hydrogen (secondary N) is 1. The van der Waals surface area contributed by atoms with Gasteiger partial charge in [-0.15, -0.1) is 0 Å². The van der Waals surface area contributed by atoms with Crippen LogP contribution in [0.2, 0.25) is 0 Å². The molecule has 0 saturated carbocycles. The highest BCUT2D eigenvalue weighted by Gasteiger charge is 2.37. The van der Waals surface area contributed by atoms with Crippen molar-refractivity contribution in [1.29, 1.82) is 0 Å². The molecule has 3 heterocycles. The predicted molar refractivity (Wildman–Crippen MR) is 136 cm³/mol. The Kier molecular flexibility index (Phi) is 6.08. The van der Waals surface area contributed by atoms with Gasteiger partial charge in [-0.25, -0.2) is 14.4 Å². The zero-order chi connectivity index (χ0) is 26.5. The standard InChI is InChI=1S/C28H29FN4O4/c1-27(30)14-31-25-20(27)13-23(33-24(25)15-4-6-17(29)7-5-15)28(2,36)9-8-22(35)21-11-16-10-18(34)12-19(16)26(32-21)37-3/h4-7,11,13,31,36H,8-10,12,14,30H2,1-3H3/t27-,28-/m1/s1. The molecule has 0 amide bonds. The summed E-state index contributed by atoms with van der Waals surface area (Å²) in [6.45, 7) is 3.98. The molecule has 1 aromatic carbocycles. The molecule has 4 N–H and O–H groups in total. The van der Waals surface area contributed by atoms with Crippen molar-refractivity contribution in [3.05, 3.63) is 70.3 Å². The molecule has 192 valence electrons. The molecule has 2 aromatic heterocycles. The first-order valence-corrected chi connectivity index (χ1v) is 12.2. The first-order chi connectivity index (χ1) is 17.5. The second kappa shape index (κ2) is 9.00. The number of hydrogen-bond acceptors (Lipinski definition) is 8. The van der Waals surface area contributed by atoms with Crippen molar-refractivity contribution in [2.45, 2.75) is 50.7 Å². The minimum atomic E-state index is -1.46. The van der Waals surface area contributed by atoms with Gasteiger partial charge in [0.1, 0.15) is 22.9 Å². The number of anilines is 1. The number of halogens is 1. The minimum absolute atomic E-state index is 0.00131. The molecule has 37 heavy (non-hydrogen) atoms. The lowest BCUT2D eigenvalue weighted by atomic mass is 9.88. The van der Waals surface area contributed by atoms with Gasteiger partial charge in [0.15, 0.2) is 5.78 Å². The number of pyridine rings is 2. The maximum Gasteiger partial charge on any atom is 0.217 e. The summed E-state index contributed by atoms with van der Waals surface area (Å²) < 4.78 is 18.9. The van der Waals surface area contributed by atoms with Gasteiger partial charge in [0.2, 0.25) is 5.88 Å². The van der Waals surface area contributed by atoms with Crippen LogP contribution in [0.15, 0.2) is 36.4 Å². The van der Waals surface area contributed by atoms with Gasteiger partial charge in [-0.05, 0) is 62.2 Å². The first-order valence-electron chi connectivity index (χ1n) is 12.2. The highest BCUT2D eigenvalue weighted by Crippen LogP contribution is 2.42. The molecule has 1 aliphatic heterocycles. The lowest BCUT2D eigenvalue weighted by Gasteiger charge is -2.26. The average molecular weight is 505 g/mol. The number of ether oxygens (including phenoxy) is 1. The van der Waals surface area contributed by atoms with Gasteiger partial charge in [0.25, 0.3) is 0 Å². The van der Waals surface area contributed by atoms with E-state index in [-0.39, 0.29) is 54.6 Å². The topological polar surface area (TPSA) is 127 Å². The van der Waals surface area contributed by atoms with Crippen LogP contribution in [0.25, 0.3) is 11.3 Å². The van der Waals surface area contributed by atoms with Gasteiger partial charge in [-0.2, -0.15) is 0 Å². The summed E-state index contributed by atoms with van der Waals surface area (Å²) in [5.74, 6) is -0.285. The molecule has 2 aliphatic rings. The Labute approximate surface area is 214 Å². The Morgan fingerprint density at radius 2 is 1.97 bits per heavy atom. The zero-order valence-electron chi connectivity index (χ0n) is 21.0. The van der Waals surface area contributed by atoms with E-state index in [4.69, 9.17) is 15.5 Å². The van der Waals surface area contributed by atoms with E-state index >= 15 is 0 Å². The fourth-order valence-corrected chi connectivity index (χ4v) is 4.98. The number of ketones is 2. The number of carbonyl (C=O) groups excluding carboxylic acids is 2. The van der Waals surface area contributed by atoms with E-state index in [1.807, 2.05) is 6.92 Å². The van der Waals surface area contributed by atoms with Crippen LogP contribution in [0.4, 0.5) is 10.1 Å². The van der Waals surface area contributed by atoms with E-state index in [0.29, 0.717) is 23.5 Å². The second-order valence-corrected chi connectivity index (χ2v) is 10.3. The van der Waals surface area contributed by atoms with Crippen LogP contribution < -0.4 is 15.8 Å². The molecule has 0 spiro atoms. The van der Waals surface area contributed by atoms with Crippen LogP contribution in [0.5, 0.6) is 5.88 Å². The van der Waals surface area contributed by atoms with Crippen LogP contribution in [-0.2, 0) is 28.8 Å². The van der Waals surface area contributed by atoms with Crippen molar-refractivity contribution >= 4 is 17.3 Å². The predicted octanol–water partition coefficient (Wildman–Crippen LogP) is 3.43. The number of nitrogens with two attached hydrogens (primary N) is 1. The van der Waals surface area contributed by atoms with E-state index in [1.54, 1.807) is 31.2 Å². The highest BCUT2D eigenvalue weighted by molar-refractivity contribution is 5.96. The fraction of sp³-hybridized carbons (Fsp3) is 0.357. The molecule has 0 fully saturated rings. The molecule has 3 aromatic rings. The molecule has 0 unspecified atom stereocenters. The number of hydrogen-bond donors (Lipinski definition) is 3. The van der Waals surface area contributed by atoms with E-state index in [2.05, 4.69) is 10.3 Å². The van der Waals surface area contributed by atoms with Gasteiger partial charge in [-0.3, -0.25) is 9.59 Å². The first kappa shape index (κ1) is 25.0. The fourth-order valence-electron chi connectivity index (χ4n) is 4.98. The maximum absolute atomic E-state index is 13.6.